The van der Waals surface area contributed by atoms with E-state index in [1.165, 1.54) is 0 Å². The third-order valence-corrected chi connectivity index (χ3v) is 4.37. The first-order valence-electron chi connectivity index (χ1n) is 8.85. The number of fused-ring (bicyclic) bond motifs is 3. The minimum Gasteiger partial charge on any atom is -0.490 e. The number of aliphatic hydroxyl groups excluding tert-OH is 1. The van der Waals surface area contributed by atoms with E-state index in [1.54, 1.807) is 0 Å². The molecule has 0 radical (unpaired) electrons. The van der Waals surface area contributed by atoms with Crippen molar-refractivity contribution in [3.8, 4) is 5.75 Å². The molecule has 0 aliphatic rings. The Labute approximate surface area is 156 Å². The molecule has 0 amide bonds. The zero-order valence-corrected chi connectivity index (χ0v) is 15.1. The molecule has 0 bridgehead atoms. The normalized spacial score (nSPS) is 13.6. The van der Waals surface area contributed by atoms with Crippen LogP contribution < -0.4 is 10.1 Å². The first kappa shape index (κ1) is 18.9. The summed E-state index contributed by atoms with van der Waals surface area (Å²) in [5.41, 5.74) is 2.03. The lowest BCUT2D eigenvalue weighted by Crippen LogP contribution is -2.37. The summed E-state index contributed by atoms with van der Waals surface area (Å²) in [4.78, 5) is 17.8. The van der Waals surface area contributed by atoms with Gasteiger partial charge in [0.2, 0.25) is 0 Å². The van der Waals surface area contributed by atoms with Gasteiger partial charge in [-0.3, -0.25) is 0 Å². The largest absolute Gasteiger partial charge is 0.490 e. The second-order valence-corrected chi connectivity index (χ2v) is 6.47. The number of benzene rings is 2. The van der Waals surface area contributed by atoms with Gasteiger partial charge in [0.05, 0.1) is 12.1 Å². The smallest absolute Gasteiger partial charge is 0.294 e. The number of nitrogens with zero attached hydrogens (tertiary/aromatic N) is 1. The molecule has 0 aliphatic carbocycles. The molecule has 3 N–H and O–H groups in total. The third-order valence-electron chi connectivity index (χ3n) is 4.37. The van der Waals surface area contributed by atoms with Gasteiger partial charge in [0.15, 0.2) is 0 Å². The number of aromatic amines is 1. The Balaban J connectivity index is 1.55. The number of hydrogen-bond donors (Lipinski definition) is 3. The summed E-state index contributed by atoms with van der Waals surface area (Å²) >= 11 is 0. The number of H-pyrrole nitrogens is 1. The average Bonchev–Trinajstić information content (AvgIpc) is 3.03. The van der Waals surface area contributed by atoms with Gasteiger partial charge < -0.3 is 25.0 Å². The van der Waals surface area contributed by atoms with Crippen LogP contribution in [0.5, 0.6) is 5.75 Å². The van der Waals surface area contributed by atoms with Gasteiger partial charge >= 0.3 is 0 Å². The van der Waals surface area contributed by atoms with Crippen molar-refractivity contribution in [2.24, 2.45) is 0 Å². The number of nitrogens with one attached hydrogen (secondary N) is 2. The predicted molar refractivity (Wildman–Crippen MR) is 102 cm³/mol. The van der Waals surface area contributed by atoms with Crippen molar-refractivity contribution in [3.05, 3.63) is 52.6 Å². The van der Waals surface area contributed by atoms with Gasteiger partial charge in [0, 0.05) is 28.9 Å². The van der Waals surface area contributed by atoms with Gasteiger partial charge in [-0.25, -0.2) is 0 Å². The van der Waals surface area contributed by atoms with Gasteiger partial charge in [0.25, 0.3) is 5.09 Å². The number of para-hydroxylation sites is 1. The van der Waals surface area contributed by atoms with E-state index < -0.39 is 11.2 Å². The van der Waals surface area contributed by atoms with E-state index in [0.29, 0.717) is 13.0 Å². The molecule has 2 unspecified atom stereocenters. The maximum absolute atomic E-state index is 10.2. The van der Waals surface area contributed by atoms with Gasteiger partial charge in [-0.15, -0.1) is 10.1 Å². The molecule has 1 aromatic heterocycles. The highest BCUT2D eigenvalue weighted by Crippen LogP contribution is 2.32. The van der Waals surface area contributed by atoms with E-state index in [0.717, 1.165) is 27.6 Å². The Morgan fingerprint density at radius 2 is 2.00 bits per heavy atom. The van der Waals surface area contributed by atoms with E-state index in [2.05, 4.69) is 15.1 Å². The van der Waals surface area contributed by atoms with Crippen molar-refractivity contribution >= 4 is 21.8 Å². The summed E-state index contributed by atoms with van der Waals surface area (Å²) in [6.07, 6.45) is -0.229. The number of ether oxygens (including phenoxy) is 1. The number of aromatic nitrogens is 1. The summed E-state index contributed by atoms with van der Waals surface area (Å²) in [6.45, 7) is 2.37. The molecule has 0 aliphatic heterocycles. The van der Waals surface area contributed by atoms with Crippen LogP contribution in [0.4, 0.5) is 0 Å². The summed E-state index contributed by atoms with van der Waals surface area (Å²) in [5.74, 6) is 0.719. The summed E-state index contributed by atoms with van der Waals surface area (Å²) in [6, 6.07) is 13.8. The molecule has 27 heavy (non-hydrogen) atoms. The zero-order valence-electron chi connectivity index (χ0n) is 15.1. The van der Waals surface area contributed by atoms with E-state index in [9.17, 15) is 15.2 Å². The van der Waals surface area contributed by atoms with Crippen LogP contribution >= 0.6 is 0 Å². The van der Waals surface area contributed by atoms with Gasteiger partial charge in [0.1, 0.15) is 18.5 Å². The second-order valence-electron chi connectivity index (χ2n) is 6.47. The lowest BCUT2D eigenvalue weighted by atomic mass is 10.1. The van der Waals surface area contributed by atoms with Crippen LogP contribution in [0.15, 0.2) is 42.5 Å². The van der Waals surface area contributed by atoms with Gasteiger partial charge in [-0.1, -0.05) is 24.3 Å². The molecular formula is C19H23N3O5. The second kappa shape index (κ2) is 8.70. The quantitative estimate of drug-likeness (QED) is 0.372. The number of aliphatic hydroxyl groups is 1. The van der Waals surface area contributed by atoms with Crippen molar-refractivity contribution in [2.75, 3.05) is 19.8 Å². The minimum absolute atomic E-state index is 0.0170. The molecule has 0 saturated heterocycles. The highest BCUT2D eigenvalue weighted by atomic mass is 16.9. The monoisotopic (exact) mass is 373 g/mol. The number of rotatable bonds is 10. The zero-order chi connectivity index (χ0) is 19.2. The van der Waals surface area contributed by atoms with Crippen LogP contribution in [0.25, 0.3) is 21.8 Å². The van der Waals surface area contributed by atoms with Crippen LogP contribution in [0.2, 0.25) is 0 Å². The van der Waals surface area contributed by atoms with E-state index in [4.69, 9.17) is 4.74 Å². The van der Waals surface area contributed by atoms with Gasteiger partial charge in [-0.2, -0.15) is 0 Å². The van der Waals surface area contributed by atoms with E-state index >= 15 is 0 Å². The van der Waals surface area contributed by atoms with Crippen LogP contribution in [-0.4, -0.2) is 47.1 Å². The Hall–Kier alpha value is -2.84. The molecule has 2 aromatic carbocycles. The van der Waals surface area contributed by atoms with E-state index in [1.807, 2.05) is 49.4 Å². The SMILES string of the molecule is CC(CCO[N+](=O)[O-])NCC(O)COc1cccc2[nH]c3ccccc3c12. The topological polar surface area (TPSA) is 110 Å². The molecule has 0 fully saturated rings. The van der Waals surface area contributed by atoms with Crippen molar-refractivity contribution in [1.82, 2.24) is 10.3 Å². The molecule has 1 heterocycles. The Bertz CT molecular complexity index is 911. The van der Waals surface area contributed by atoms with Crippen molar-refractivity contribution in [3.63, 3.8) is 0 Å². The van der Waals surface area contributed by atoms with Crippen LogP contribution in [0, 0.1) is 10.1 Å². The van der Waals surface area contributed by atoms with Gasteiger partial charge in [-0.05, 0) is 31.5 Å². The lowest BCUT2D eigenvalue weighted by Gasteiger charge is -2.17. The fourth-order valence-electron chi connectivity index (χ4n) is 2.98. The Kier molecular flexibility index (Phi) is 6.10. The Morgan fingerprint density at radius 3 is 2.81 bits per heavy atom. The fraction of sp³-hybridized carbons (Fsp3) is 0.368. The highest BCUT2D eigenvalue weighted by Gasteiger charge is 2.12. The minimum atomic E-state index is -0.805. The molecular weight excluding hydrogens is 350 g/mol. The van der Waals surface area contributed by atoms with Crippen LogP contribution in [-0.2, 0) is 4.84 Å². The van der Waals surface area contributed by atoms with Crippen LogP contribution in [0.3, 0.4) is 0 Å². The molecule has 2 atom stereocenters. The maximum atomic E-state index is 10.2. The average molecular weight is 373 g/mol. The van der Waals surface area contributed by atoms with E-state index in [-0.39, 0.29) is 19.3 Å². The fourth-order valence-corrected chi connectivity index (χ4v) is 2.98. The molecule has 8 nitrogen and oxygen atoms in total. The van der Waals surface area contributed by atoms with Crippen molar-refractivity contribution in [2.45, 2.75) is 25.5 Å². The van der Waals surface area contributed by atoms with Crippen molar-refractivity contribution in [1.29, 1.82) is 0 Å². The first-order valence-corrected chi connectivity index (χ1v) is 8.85. The standard InChI is InChI=1S/C19H23N3O5/c1-13(9-10-27-22(24)25)20-11-14(23)12-26-18-8-4-7-17-19(18)15-5-2-3-6-16(15)21-17/h2-8,13-14,20-21,23H,9-12H2,1H3. The number of hydrogen-bond acceptors (Lipinski definition) is 6. The first-order chi connectivity index (χ1) is 13.0. The molecule has 3 rings (SSSR count). The predicted octanol–water partition coefficient (Wildman–Crippen LogP) is 2.64. The maximum Gasteiger partial charge on any atom is 0.294 e. The molecule has 0 saturated carbocycles. The molecule has 3 aromatic rings. The summed E-state index contributed by atoms with van der Waals surface area (Å²) in [7, 11) is 0. The summed E-state index contributed by atoms with van der Waals surface area (Å²) in [5, 5.41) is 24.7. The van der Waals surface area contributed by atoms with Crippen molar-refractivity contribution < 1.29 is 19.8 Å². The Morgan fingerprint density at radius 1 is 1.22 bits per heavy atom. The molecule has 144 valence electrons. The third kappa shape index (κ3) is 4.87. The summed E-state index contributed by atoms with van der Waals surface area (Å²) < 4.78 is 5.87. The molecule has 0 spiro atoms. The highest BCUT2D eigenvalue weighted by molar-refractivity contribution is 6.10. The van der Waals surface area contributed by atoms with Crippen LogP contribution in [0.1, 0.15) is 13.3 Å². The lowest BCUT2D eigenvalue weighted by molar-refractivity contribution is -0.757. The molecule has 8 heteroatoms.